The Morgan fingerprint density at radius 1 is 1.05 bits per heavy atom. The zero-order valence-electron chi connectivity index (χ0n) is 12.0. The van der Waals surface area contributed by atoms with Crippen LogP contribution in [-0.4, -0.2) is 35.6 Å². The van der Waals surface area contributed by atoms with Gasteiger partial charge in [-0.3, -0.25) is 0 Å². The van der Waals surface area contributed by atoms with Crippen LogP contribution in [-0.2, 0) is 0 Å². The highest BCUT2D eigenvalue weighted by molar-refractivity contribution is 7.99. The molecule has 0 unspecified atom stereocenters. The standard InChI is InChI=1S/C17H15NO3S/c19-17(18-7-9-22-10-8-18)20-12-5-6-16-14(11-12)13-3-1-2-4-15(13)21-16/h1-6,11H,7-10H2. The van der Waals surface area contributed by atoms with Gasteiger partial charge >= 0.3 is 6.09 Å². The number of furan rings is 1. The van der Waals surface area contributed by atoms with Crippen molar-refractivity contribution < 1.29 is 13.9 Å². The van der Waals surface area contributed by atoms with Gasteiger partial charge in [0, 0.05) is 35.4 Å². The van der Waals surface area contributed by atoms with Crippen LogP contribution < -0.4 is 4.74 Å². The fourth-order valence-corrected chi connectivity index (χ4v) is 3.58. The molecule has 2 heterocycles. The van der Waals surface area contributed by atoms with Crippen molar-refractivity contribution in [3.05, 3.63) is 42.5 Å². The maximum Gasteiger partial charge on any atom is 0.415 e. The summed E-state index contributed by atoms with van der Waals surface area (Å²) in [6.45, 7) is 1.50. The number of benzene rings is 2. The molecule has 1 aliphatic rings. The summed E-state index contributed by atoms with van der Waals surface area (Å²) in [7, 11) is 0. The molecule has 0 aliphatic carbocycles. The summed E-state index contributed by atoms with van der Waals surface area (Å²) in [5.74, 6) is 2.50. The van der Waals surface area contributed by atoms with E-state index in [1.165, 1.54) is 0 Å². The molecule has 1 aromatic heterocycles. The Hall–Kier alpha value is -2.14. The minimum absolute atomic E-state index is 0.271. The van der Waals surface area contributed by atoms with E-state index in [4.69, 9.17) is 9.15 Å². The maximum atomic E-state index is 12.2. The highest BCUT2D eigenvalue weighted by atomic mass is 32.2. The second-order valence-corrected chi connectivity index (χ2v) is 6.45. The third-order valence-electron chi connectivity index (χ3n) is 3.82. The summed E-state index contributed by atoms with van der Waals surface area (Å²) in [5, 5.41) is 2.00. The Balaban J connectivity index is 1.64. The minimum Gasteiger partial charge on any atom is -0.456 e. The molecule has 4 rings (SSSR count). The zero-order valence-corrected chi connectivity index (χ0v) is 12.8. The number of hydrogen-bond donors (Lipinski definition) is 0. The molecule has 1 saturated heterocycles. The van der Waals surface area contributed by atoms with E-state index < -0.39 is 0 Å². The van der Waals surface area contributed by atoms with Crippen molar-refractivity contribution in [2.45, 2.75) is 0 Å². The SMILES string of the molecule is O=C(Oc1ccc2oc3ccccc3c2c1)N1CCSCC1. The molecule has 1 aliphatic heterocycles. The monoisotopic (exact) mass is 313 g/mol. The topological polar surface area (TPSA) is 42.7 Å². The van der Waals surface area contributed by atoms with E-state index in [0.29, 0.717) is 5.75 Å². The van der Waals surface area contributed by atoms with Crippen LogP contribution in [0, 0.1) is 0 Å². The van der Waals surface area contributed by atoms with Gasteiger partial charge in [-0.25, -0.2) is 4.79 Å². The van der Waals surface area contributed by atoms with E-state index in [1.54, 1.807) is 11.0 Å². The summed E-state index contributed by atoms with van der Waals surface area (Å²) < 4.78 is 11.3. The van der Waals surface area contributed by atoms with Crippen molar-refractivity contribution in [3.63, 3.8) is 0 Å². The van der Waals surface area contributed by atoms with Gasteiger partial charge < -0.3 is 14.1 Å². The number of fused-ring (bicyclic) bond motifs is 3. The van der Waals surface area contributed by atoms with Crippen molar-refractivity contribution in [2.24, 2.45) is 0 Å². The van der Waals surface area contributed by atoms with E-state index in [0.717, 1.165) is 46.5 Å². The molecule has 0 atom stereocenters. The molecule has 5 heteroatoms. The first-order valence-electron chi connectivity index (χ1n) is 7.27. The van der Waals surface area contributed by atoms with E-state index in [9.17, 15) is 4.79 Å². The molecule has 3 aromatic rings. The third-order valence-corrected chi connectivity index (χ3v) is 4.77. The van der Waals surface area contributed by atoms with Gasteiger partial charge in [-0.05, 0) is 24.3 Å². The van der Waals surface area contributed by atoms with E-state index in [2.05, 4.69) is 0 Å². The average Bonchev–Trinajstić information content (AvgIpc) is 2.94. The van der Waals surface area contributed by atoms with Crippen LogP contribution in [0.1, 0.15) is 0 Å². The summed E-state index contributed by atoms with van der Waals surface area (Å²) in [6.07, 6.45) is -0.271. The smallest absolute Gasteiger partial charge is 0.415 e. The first kappa shape index (κ1) is 13.5. The quantitative estimate of drug-likeness (QED) is 0.677. The van der Waals surface area contributed by atoms with E-state index >= 15 is 0 Å². The van der Waals surface area contributed by atoms with Gasteiger partial charge in [0.2, 0.25) is 0 Å². The molecule has 0 spiro atoms. The number of thioether (sulfide) groups is 1. The van der Waals surface area contributed by atoms with Crippen LogP contribution >= 0.6 is 11.8 Å². The molecular formula is C17H15NO3S. The normalized spacial score (nSPS) is 15.4. The lowest BCUT2D eigenvalue weighted by Gasteiger charge is -2.25. The largest absolute Gasteiger partial charge is 0.456 e. The minimum atomic E-state index is -0.271. The second-order valence-electron chi connectivity index (χ2n) is 5.22. The van der Waals surface area contributed by atoms with Crippen molar-refractivity contribution in [2.75, 3.05) is 24.6 Å². The molecule has 1 fully saturated rings. The second kappa shape index (κ2) is 5.57. The summed E-state index contributed by atoms with van der Waals surface area (Å²) in [4.78, 5) is 13.9. The number of amides is 1. The Morgan fingerprint density at radius 2 is 1.82 bits per heavy atom. The van der Waals surface area contributed by atoms with Crippen LogP contribution in [0.3, 0.4) is 0 Å². The third kappa shape index (κ3) is 2.41. The van der Waals surface area contributed by atoms with Crippen LogP contribution in [0.15, 0.2) is 46.9 Å². The fourth-order valence-electron chi connectivity index (χ4n) is 2.68. The summed E-state index contributed by atoms with van der Waals surface area (Å²) in [5.41, 5.74) is 1.64. The molecule has 112 valence electrons. The summed E-state index contributed by atoms with van der Waals surface area (Å²) in [6, 6.07) is 13.4. The molecule has 4 nitrogen and oxygen atoms in total. The lowest BCUT2D eigenvalue weighted by Crippen LogP contribution is -2.39. The van der Waals surface area contributed by atoms with Crippen molar-refractivity contribution in [1.82, 2.24) is 4.90 Å². The van der Waals surface area contributed by atoms with Crippen molar-refractivity contribution in [1.29, 1.82) is 0 Å². The number of rotatable bonds is 1. The Kier molecular flexibility index (Phi) is 3.42. The Labute approximate surface area is 132 Å². The van der Waals surface area contributed by atoms with Gasteiger partial charge in [-0.1, -0.05) is 18.2 Å². The number of nitrogens with zero attached hydrogens (tertiary/aromatic N) is 1. The Bertz CT molecular complexity index is 836. The first-order chi connectivity index (χ1) is 10.8. The van der Waals surface area contributed by atoms with Crippen LogP contribution in [0.4, 0.5) is 4.79 Å². The lowest BCUT2D eigenvalue weighted by atomic mass is 10.1. The molecular weight excluding hydrogens is 298 g/mol. The predicted octanol–water partition coefficient (Wildman–Crippen LogP) is 4.13. The molecule has 0 N–H and O–H groups in total. The fraction of sp³-hybridized carbons (Fsp3) is 0.235. The van der Waals surface area contributed by atoms with Crippen molar-refractivity contribution >= 4 is 39.8 Å². The number of hydrogen-bond acceptors (Lipinski definition) is 4. The molecule has 0 saturated carbocycles. The number of para-hydroxylation sites is 1. The molecule has 0 bridgehead atoms. The van der Waals surface area contributed by atoms with E-state index in [1.807, 2.05) is 48.2 Å². The van der Waals surface area contributed by atoms with Gasteiger partial charge in [-0.15, -0.1) is 0 Å². The number of ether oxygens (including phenoxy) is 1. The maximum absolute atomic E-state index is 12.2. The number of carbonyl (C=O) groups excluding carboxylic acids is 1. The van der Waals surface area contributed by atoms with Crippen LogP contribution in [0.5, 0.6) is 5.75 Å². The predicted molar refractivity (Wildman–Crippen MR) is 88.6 cm³/mol. The zero-order chi connectivity index (χ0) is 14.9. The van der Waals surface area contributed by atoms with Crippen molar-refractivity contribution in [3.8, 4) is 5.75 Å². The van der Waals surface area contributed by atoms with Gasteiger partial charge in [-0.2, -0.15) is 11.8 Å². The highest BCUT2D eigenvalue weighted by Crippen LogP contribution is 2.31. The van der Waals surface area contributed by atoms with Gasteiger partial charge in [0.05, 0.1) is 0 Å². The van der Waals surface area contributed by atoms with Gasteiger partial charge in [0.1, 0.15) is 16.9 Å². The molecule has 2 aromatic carbocycles. The Morgan fingerprint density at radius 3 is 2.68 bits per heavy atom. The first-order valence-corrected chi connectivity index (χ1v) is 8.42. The summed E-state index contributed by atoms with van der Waals surface area (Å²) >= 11 is 1.86. The van der Waals surface area contributed by atoms with Crippen LogP contribution in [0.2, 0.25) is 0 Å². The molecule has 22 heavy (non-hydrogen) atoms. The lowest BCUT2D eigenvalue weighted by molar-refractivity contribution is 0.157. The molecule has 0 radical (unpaired) electrons. The van der Waals surface area contributed by atoms with Crippen LogP contribution in [0.25, 0.3) is 21.9 Å². The van der Waals surface area contributed by atoms with E-state index in [-0.39, 0.29) is 6.09 Å². The molecule has 1 amide bonds. The van der Waals surface area contributed by atoms with Gasteiger partial charge in [0.25, 0.3) is 0 Å². The number of carbonyl (C=O) groups is 1. The van der Waals surface area contributed by atoms with Gasteiger partial charge in [0.15, 0.2) is 0 Å². The highest BCUT2D eigenvalue weighted by Gasteiger charge is 2.19. The average molecular weight is 313 g/mol.